The summed E-state index contributed by atoms with van der Waals surface area (Å²) in [5.74, 6) is -0.190. The molecule has 6 heteroatoms. The molecule has 1 aromatic carbocycles. The normalized spacial score (nSPS) is 17.2. The minimum Gasteiger partial charge on any atom is -0.314 e. The van der Waals surface area contributed by atoms with Crippen LogP contribution in [0.5, 0.6) is 0 Å². The highest BCUT2D eigenvalue weighted by atomic mass is 79.9. The largest absolute Gasteiger partial charge is 0.314 e. The van der Waals surface area contributed by atoms with E-state index in [0.717, 1.165) is 36.2 Å². The van der Waals surface area contributed by atoms with Crippen LogP contribution in [0.1, 0.15) is 17.2 Å². The molecule has 114 valence electrons. The summed E-state index contributed by atoms with van der Waals surface area (Å²) in [5.41, 5.74) is 2.26. The predicted octanol–water partition coefficient (Wildman–Crippen LogP) is 4.07. The molecule has 0 radical (unpaired) electrons. The first kappa shape index (κ1) is 16.9. The molecule has 1 N–H and O–H groups in total. The van der Waals surface area contributed by atoms with Gasteiger partial charge < -0.3 is 5.32 Å². The molecule has 1 aliphatic rings. The maximum atomic E-state index is 13.7. The van der Waals surface area contributed by atoms with Crippen molar-refractivity contribution in [2.75, 3.05) is 26.2 Å². The van der Waals surface area contributed by atoms with E-state index in [0.29, 0.717) is 0 Å². The van der Waals surface area contributed by atoms with Crippen molar-refractivity contribution in [3.05, 3.63) is 56.4 Å². The zero-order valence-electron chi connectivity index (χ0n) is 11.4. The second-order valence-corrected chi connectivity index (χ2v) is 6.64. The van der Waals surface area contributed by atoms with Gasteiger partial charge in [0.15, 0.2) is 0 Å². The molecule has 0 unspecified atom stereocenters. The lowest BCUT2D eigenvalue weighted by atomic mass is 9.99. The molecule has 0 spiro atoms. The quantitative estimate of drug-likeness (QED) is 0.848. The lowest BCUT2D eigenvalue weighted by Crippen LogP contribution is -2.45. The second kappa shape index (κ2) is 7.70. The minimum atomic E-state index is -0.190. The van der Waals surface area contributed by atoms with Crippen LogP contribution in [-0.4, -0.2) is 31.1 Å². The first-order chi connectivity index (χ1) is 9.74. The minimum absolute atomic E-state index is 0. The molecule has 0 saturated carbocycles. The van der Waals surface area contributed by atoms with Gasteiger partial charge in [0.1, 0.15) is 5.82 Å². The van der Waals surface area contributed by atoms with Gasteiger partial charge in [0, 0.05) is 30.7 Å². The van der Waals surface area contributed by atoms with Gasteiger partial charge in [0.25, 0.3) is 0 Å². The Labute approximate surface area is 142 Å². The smallest absolute Gasteiger partial charge is 0.124 e. The monoisotopic (exact) mass is 390 g/mol. The summed E-state index contributed by atoms with van der Waals surface area (Å²) in [4.78, 5) is 2.42. The molecule has 1 saturated heterocycles. The fraction of sp³-hybridized carbons (Fsp3) is 0.333. The van der Waals surface area contributed by atoms with E-state index in [2.05, 4.69) is 43.0 Å². The van der Waals surface area contributed by atoms with E-state index in [-0.39, 0.29) is 24.3 Å². The molecule has 1 fully saturated rings. The predicted molar refractivity (Wildman–Crippen MR) is 92.0 cm³/mol. The number of nitrogens with zero attached hydrogens (tertiary/aromatic N) is 1. The van der Waals surface area contributed by atoms with Gasteiger partial charge in [-0.25, -0.2) is 4.39 Å². The third-order valence-electron chi connectivity index (χ3n) is 3.58. The molecule has 0 aliphatic carbocycles. The Kier molecular flexibility index (Phi) is 6.20. The van der Waals surface area contributed by atoms with Gasteiger partial charge in [-0.3, -0.25) is 4.90 Å². The average Bonchev–Trinajstić information content (AvgIpc) is 2.93. The Morgan fingerprint density at radius 1 is 1.19 bits per heavy atom. The van der Waals surface area contributed by atoms with Crippen molar-refractivity contribution in [3.63, 3.8) is 0 Å². The van der Waals surface area contributed by atoms with Gasteiger partial charge in [-0.15, -0.1) is 12.4 Å². The molecule has 2 nitrogen and oxygen atoms in total. The maximum Gasteiger partial charge on any atom is 0.124 e. The van der Waals surface area contributed by atoms with Crippen LogP contribution < -0.4 is 5.32 Å². The van der Waals surface area contributed by atoms with Gasteiger partial charge in [0.2, 0.25) is 0 Å². The Morgan fingerprint density at radius 2 is 1.95 bits per heavy atom. The van der Waals surface area contributed by atoms with Crippen LogP contribution in [0.3, 0.4) is 0 Å². The number of thiophene rings is 1. The summed E-state index contributed by atoms with van der Waals surface area (Å²) in [6, 6.07) is 7.44. The number of benzene rings is 1. The molecule has 2 aromatic rings. The van der Waals surface area contributed by atoms with Crippen LogP contribution >= 0.6 is 39.7 Å². The Morgan fingerprint density at radius 3 is 2.57 bits per heavy atom. The zero-order valence-corrected chi connectivity index (χ0v) is 14.6. The third kappa shape index (κ3) is 4.05. The van der Waals surface area contributed by atoms with Gasteiger partial charge in [-0.05, 0) is 46.2 Å². The van der Waals surface area contributed by atoms with Crippen LogP contribution in [0.25, 0.3) is 0 Å². The topological polar surface area (TPSA) is 15.3 Å². The summed E-state index contributed by atoms with van der Waals surface area (Å²) in [7, 11) is 0. The van der Waals surface area contributed by atoms with Gasteiger partial charge in [0.05, 0.1) is 6.04 Å². The Bertz CT molecular complexity index is 553. The van der Waals surface area contributed by atoms with E-state index < -0.39 is 0 Å². The van der Waals surface area contributed by atoms with Crippen molar-refractivity contribution in [1.29, 1.82) is 0 Å². The molecular weight excluding hydrogens is 375 g/mol. The summed E-state index contributed by atoms with van der Waals surface area (Å²) in [6.07, 6.45) is 0. The molecular formula is C15H17BrClFN2S. The van der Waals surface area contributed by atoms with E-state index >= 15 is 0 Å². The summed E-state index contributed by atoms with van der Waals surface area (Å²) >= 11 is 5.09. The van der Waals surface area contributed by atoms with E-state index in [4.69, 9.17) is 0 Å². The number of piperazine rings is 1. The van der Waals surface area contributed by atoms with Crippen LogP contribution in [0.4, 0.5) is 4.39 Å². The third-order valence-corrected chi connectivity index (χ3v) is 4.74. The second-order valence-electron chi connectivity index (χ2n) is 4.95. The van der Waals surface area contributed by atoms with Crippen molar-refractivity contribution >= 4 is 39.7 Å². The lowest BCUT2D eigenvalue weighted by molar-refractivity contribution is 0.198. The van der Waals surface area contributed by atoms with E-state index in [1.165, 1.54) is 11.6 Å². The first-order valence-electron chi connectivity index (χ1n) is 6.67. The number of nitrogens with one attached hydrogen (secondary N) is 1. The fourth-order valence-electron chi connectivity index (χ4n) is 2.72. The van der Waals surface area contributed by atoms with Crippen molar-refractivity contribution in [3.8, 4) is 0 Å². The van der Waals surface area contributed by atoms with Crippen molar-refractivity contribution in [2.45, 2.75) is 6.04 Å². The lowest BCUT2D eigenvalue weighted by Gasteiger charge is -2.35. The average molecular weight is 392 g/mol. The summed E-state index contributed by atoms with van der Waals surface area (Å²) in [6.45, 7) is 3.93. The molecule has 2 heterocycles. The van der Waals surface area contributed by atoms with Crippen LogP contribution in [0.2, 0.25) is 0 Å². The number of hydrogen-bond donors (Lipinski definition) is 1. The molecule has 21 heavy (non-hydrogen) atoms. The van der Waals surface area contributed by atoms with Crippen LogP contribution in [0, 0.1) is 5.82 Å². The SMILES string of the molecule is Cl.Fc1cc(Br)cc([C@H](c2ccsc2)N2CCNCC2)c1. The van der Waals surface area contributed by atoms with E-state index in [1.807, 2.05) is 6.07 Å². The molecule has 1 atom stereocenters. The first-order valence-corrected chi connectivity index (χ1v) is 8.40. The highest BCUT2D eigenvalue weighted by molar-refractivity contribution is 9.10. The fourth-order valence-corrected chi connectivity index (χ4v) is 3.88. The van der Waals surface area contributed by atoms with Crippen molar-refractivity contribution in [2.24, 2.45) is 0 Å². The van der Waals surface area contributed by atoms with Crippen molar-refractivity contribution < 1.29 is 4.39 Å². The maximum absolute atomic E-state index is 13.7. The van der Waals surface area contributed by atoms with Crippen LogP contribution in [-0.2, 0) is 0 Å². The van der Waals surface area contributed by atoms with Crippen LogP contribution in [0.15, 0.2) is 39.5 Å². The van der Waals surface area contributed by atoms with E-state index in [1.54, 1.807) is 17.4 Å². The van der Waals surface area contributed by atoms with Crippen molar-refractivity contribution in [1.82, 2.24) is 10.2 Å². The Balaban J connectivity index is 0.00000161. The van der Waals surface area contributed by atoms with E-state index in [9.17, 15) is 4.39 Å². The van der Waals surface area contributed by atoms with Gasteiger partial charge in [-0.1, -0.05) is 15.9 Å². The summed E-state index contributed by atoms with van der Waals surface area (Å²) < 4.78 is 14.5. The number of halogens is 3. The zero-order chi connectivity index (χ0) is 13.9. The molecule has 0 bridgehead atoms. The standard InChI is InChI=1S/C15H16BrFN2S.ClH/c16-13-7-12(8-14(17)9-13)15(11-1-6-20-10-11)19-4-2-18-3-5-19;/h1,6-10,15,18H,2-5H2;1H/t15-;/m0./s1. The molecule has 0 amide bonds. The molecule has 3 rings (SSSR count). The van der Waals surface area contributed by atoms with Gasteiger partial charge in [-0.2, -0.15) is 11.3 Å². The molecule has 1 aromatic heterocycles. The molecule has 1 aliphatic heterocycles. The summed E-state index contributed by atoms with van der Waals surface area (Å²) in [5, 5.41) is 7.61. The highest BCUT2D eigenvalue weighted by Gasteiger charge is 2.24. The highest BCUT2D eigenvalue weighted by Crippen LogP contribution is 2.32. The number of rotatable bonds is 3. The van der Waals surface area contributed by atoms with Gasteiger partial charge >= 0.3 is 0 Å². The number of hydrogen-bond acceptors (Lipinski definition) is 3. The Hall–Kier alpha value is -0.460.